The van der Waals surface area contributed by atoms with Crippen molar-refractivity contribution in [1.82, 2.24) is 4.31 Å². The molecule has 126 valence electrons. The van der Waals surface area contributed by atoms with Crippen molar-refractivity contribution in [2.75, 3.05) is 32.6 Å². The van der Waals surface area contributed by atoms with Crippen LogP contribution < -0.4 is 5.46 Å². The summed E-state index contributed by atoms with van der Waals surface area (Å²) >= 11 is 0. The molecule has 0 radical (unpaired) electrons. The van der Waals surface area contributed by atoms with Crippen molar-refractivity contribution in [3.8, 4) is 0 Å². The van der Waals surface area contributed by atoms with Crippen LogP contribution in [0.3, 0.4) is 0 Å². The molecule has 2 heterocycles. The number of nitrogens with zero attached hydrogens (tertiary/aromatic N) is 1. The highest BCUT2D eigenvalue weighted by Crippen LogP contribution is 2.28. The summed E-state index contributed by atoms with van der Waals surface area (Å²) in [6.45, 7) is 6.80. The molecule has 0 amide bonds. The van der Waals surface area contributed by atoms with Gasteiger partial charge in [0.25, 0.3) is 0 Å². The molecule has 7 heteroatoms. The first-order valence-electron chi connectivity index (χ1n) is 8.03. The van der Waals surface area contributed by atoms with Crippen LogP contribution in [0.5, 0.6) is 0 Å². The Balaban J connectivity index is 1.64. The van der Waals surface area contributed by atoms with Gasteiger partial charge in [0.2, 0.25) is 10.0 Å². The molecule has 0 saturated carbocycles. The average molecular weight is 337 g/mol. The van der Waals surface area contributed by atoms with Gasteiger partial charge >= 0.3 is 7.12 Å². The van der Waals surface area contributed by atoms with E-state index in [4.69, 9.17) is 9.31 Å². The predicted molar refractivity (Wildman–Crippen MR) is 91.3 cm³/mol. The Morgan fingerprint density at radius 2 is 1.78 bits per heavy atom. The molecule has 0 N–H and O–H groups in total. The molecule has 0 spiro atoms. The summed E-state index contributed by atoms with van der Waals surface area (Å²) in [5, 5.41) is 0. The van der Waals surface area contributed by atoms with Crippen molar-refractivity contribution in [3.05, 3.63) is 29.8 Å². The molecule has 0 aliphatic carbocycles. The molecule has 1 unspecified atom stereocenters. The lowest BCUT2D eigenvalue weighted by atomic mass is 9.75. The first kappa shape index (κ1) is 17.0. The summed E-state index contributed by atoms with van der Waals surface area (Å²) in [5.74, 6) is 0.269. The maximum Gasteiger partial charge on any atom is 0.493 e. The molecule has 2 fully saturated rings. The van der Waals surface area contributed by atoms with Gasteiger partial charge in [-0.25, -0.2) is 12.7 Å². The fourth-order valence-corrected chi connectivity index (χ4v) is 4.00. The Labute approximate surface area is 139 Å². The summed E-state index contributed by atoms with van der Waals surface area (Å²) in [6.07, 6.45) is 2.15. The first-order valence-corrected chi connectivity index (χ1v) is 9.88. The third-order valence-corrected chi connectivity index (χ3v) is 5.82. The van der Waals surface area contributed by atoms with Crippen molar-refractivity contribution in [3.63, 3.8) is 0 Å². The quantitative estimate of drug-likeness (QED) is 0.778. The molecular formula is C16H24BNO4S. The molecule has 1 aromatic carbocycles. The zero-order chi connectivity index (χ0) is 16.7. The van der Waals surface area contributed by atoms with Crippen LogP contribution in [0.2, 0.25) is 0 Å². The Hall–Kier alpha value is -0.885. The summed E-state index contributed by atoms with van der Waals surface area (Å²) in [7, 11) is -3.38. The molecule has 23 heavy (non-hydrogen) atoms. The summed E-state index contributed by atoms with van der Waals surface area (Å²) in [4.78, 5) is 0. The smallest absolute Gasteiger partial charge is 0.407 e. The van der Waals surface area contributed by atoms with Gasteiger partial charge in [0, 0.05) is 31.7 Å². The molecule has 1 aromatic rings. The van der Waals surface area contributed by atoms with Gasteiger partial charge in [0.05, 0.1) is 6.26 Å². The van der Waals surface area contributed by atoms with E-state index in [1.807, 2.05) is 12.1 Å². The normalized spacial score (nSPS) is 25.7. The lowest BCUT2D eigenvalue weighted by molar-refractivity contribution is 0.0343. The summed E-state index contributed by atoms with van der Waals surface area (Å²) < 4.78 is 36.4. The molecule has 1 atom stereocenters. The van der Waals surface area contributed by atoms with E-state index >= 15 is 0 Å². The predicted octanol–water partition coefficient (Wildman–Crippen LogP) is 1.20. The molecule has 5 nitrogen and oxygen atoms in total. The van der Waals surface area contributed by atoms with Crippen LogP contribution in [-0.4, -0.2) is 52.4 Å². The van der Waals surface area contributed by atoms with Crippen LogP contribution in [0.15, 0.2) is 24.3 Å². The highest BCUT2D eigenvalue weighted by atomic mass is 32.2. The van der Waals surface area contributed by atoms with Gasteiger partial charge in [0.1, 0.15) is 0 Å². The van der Waals surface area contributed by atoms with Crippen molar-refractivity contribution in [2.24, 2.45) is 5.41 Å². The van der Waals surface area contributed by atoms with Gasteiger partial charge in [-0.2, -0.15) is 0 Å². The minimum atomic E-state index is -3.09. The van der Waals surface area contributed by atoms with Crippen LogP contribution in [-0.2, 0) is 19.3 Å². The first-order chi connectivity index (χ1) is 10.7. The summed E-state index contributed by atoms with van der Waals surface area (Å²) in [5.41, 5.74) is 2.26. The lowest BCUT2D eigenvalue weighted by Gasteiger charge is -2.33. The number of sulfonamides is 1. The Morgan fingerprint density at radius 1 is 1.17 bits per heavy atom. The molecular weight excluding hydrogens is 313 g/mol. The molecule has 2 aliphatic rings. The van der Waals surface area contributed by atoms with Crippen LogP contribution in [0.1, 0.15) is 31.7 Å². The van der Waals surface area contributed by atoms with Crippen molar-refractivity contribution in [1.29, 1.82) is 0 Å². The molecule has 2 saturated heterocycles. The van der Waals surface area contributed by atoms with Crippen LogP contribution >= 0.6 is 0 Å². The van der Waals surface area contributed by atoms with E-state index in [0.717, 1.165) is 11.9 Å². The van der Waals surface area contributed by atoms with Crippen molar-refractivity contribution < 1.29 is 17.7 Å². The lowest BCUT2D eigenvalue weighted by Crippen LogP contribution is -2.47. The highest BCUT2D eigenvalue weighted by Gasteiger charge is 2.34. The van der Waals surface area contributed by atoms with Gasteiger partial charge in [-0.05, 0) is 23.4 Å². The van der Waals surface area contributed by atoms with E-state index in [1.54, 1.807) is 4.31 Å². The fraction of sp³-hybridized carbons (Fsp3) is 0.625. The second-order valence-electron chi connectivity index (χ2n) is 7.39. The van der Waals surface area contributed by atoms with Gasteiger partial charge in [-0.1, -0.05) is 38.1 Å². The summed E-state index contributed by atoms with van der Waals surface area (Å²) in [6, 6.07) is 8.19. The maximum atomic E-state index is 11.6. The highest BCUT2D eigenvalue weighted by molar-refractivity contribution is 7.88. The van der Waals surface area contributed by atoms with Crippen LogP contribution in [0.4, 0.5) is 0 Å². The minimum Gasteiger partial charge on any atom is -0.407 e. The fourth-order valence-electron chi connectivity index (χ4n) is 3.11. The van der Waals surface area contributed by atoms with E-state index in [1.165, 1.54) is 11.8 Å². The second-order valence-corrected chi connectivity index (χ2v) is 9.37. The minimum absolute atomic E-state index is 0.0649. The molecule has 0 aromatic heterocycles. The Kier molecular flexibility index (Phi) is 4.57. The van der Waals surface area contributed by atoms with E-state index < -0.39 is 10.0 Å². The Morgan fingerprint density at radius 3 is 2.30 bits per heavy atom. The largest absolute Gasteiger partial charge is 0.493 e. The third-order valence-electron chi connectivity index (χ3n) is 4.55. The van der Waals surface area contributed by atoms with E-state index in [0.29, 0.717) is 26.3 Å². The van der Waals surface area contributed by atoms with E-state index in [-0.39, 0.29) is 18.5 Å². The zero-order valence-corrected chi connectivity index (χ0v) is 14.8. The standard InChI is InChI=1S/C16H24BNO4S/c1-16(2)11-21-17(22-12-16)15-6-4-13(5-7-15)14-8-9-18(10-14)23(3,19)20/h4-7,14H,8-12H2,1-3H3. The van der Waals surface area contributed by atoms with Crippen molar-refractivity contribution in [2.45, 2.75) is 26.2 Å². The maximum absolute atomic E-state index is 11.6. The number of rotatable bonds is 3. The average Bonchev–Trinajstić information content (AvgIpc) is 2.97. The SMILES string of the molecule is CC1(C)COB(c2ccc(C3CCN(S(C)(=O)=O)C3)cc2)OC1. The second kappa shape index (κ2) is 6.20. The zero-order valence-electron chi connectivity index (χ0n) is 14.0. The molecule has 2 aliphatic heterocycles. The third kappa shape index (κ3) is 3.96. The Bertz CT molecular complexity index is 649. The van der Waals surface area contributed by atoms with Gasteiger partial charge in [-0.15, -0.1) is 0 Å². The van der Waals surface area contributed by atoms with Gasteiger partial charge in [0.15, 0.2) is 0 Å². The molecule has 3 rings (SSSR count). The van der Waals surface area contributed by atoms with Gasteiger partial charge in [-0.3, -0.25) is 0 Å². The monoisotopic (exact) mass is 337 g/mol. The number of hydrogen-bond acceptors (Lipinski definition) is 4. The van der Waals surface area contributed by atoms with E-state index in [9.17, 15) is 8.42 Å². The van der Waals surface area contributed by atoms with Crippen LogP contribution in [0.25, 0.3) is 0 Å². The topological polar surface area (TPSA) is 55.8 Å². The number of benzene rings is 1. The molecule has 0 bridgehead atoms. The van der Waals surface area contributed by atoms with E-state index in [2.05, 4.69) is 26.0 Å². The van der Waals surface area contributed by atoms with Crippen molar-refractivity contribution >= 4 is 22.6 Å². The number of hydrogen-bond donors (Lipinski definition) is 0. The van der Waals surface area contributed by atoms with Crippen LogP contribution in [0, 0.1) is 5.41 Å². The van der Waals surface area contributed by atoms with Gasteiger partial charge < -0.3 is 9.31 Å².